The Kier molecular flexibility index (Phi) is 4.50. The Morgan fingerprint density at radius 3 is 2.67 bits per heavy atom. The van der Waals surface area contributed by atoms with Gasteiger partial charge in [0.2, 0.25) is 0 Å². The van der Waals surface area contributed by atoms with Crippen molar-refractivity contribution in [2.45, 2.75) is 51.9 Å². The van der Waals surface area contributed by atoms with E-state index in [4.69, 9.17) is 0 Å². The Morgan fingerprint density at radius 2 is 2.11 bits per heavy atom. The van der Waals surface area contributed by atoms with E-state index in [1.54, 1.807) is 4.68 Å². The normalized spacial score (nSPS) is 24.1. The van der Waals surface area contributed by atoms with Crippen molar-refractivity contribution in [3.8, 4) is 0 Å². The highest BCUT2D eigenvalue weighted by atomic mass is 16.1. The summed E-state index contributed by atoms with van der Waals surface area (Å²) in [7, 11) is 1.83. The zero-order chi connectivity index (χ0) is 13.0. The lowest BCUT2D eigenvalue weighted by Crippen LogP contribution is -2.23. The number of nitrogens with zero attached hydrogens (tertiary/aromatic N) is 3. The Bertz CT molecular complexity index is 391. The lowest BCUT2D eigenvalue weighted by Gasteiger charge is -2.27. The summed E-state index contributed by atoms with van der Waals surface area (Å²) in [5, 5.41) is 7.85. The third-order valence-electron chi connectivity index (χ3n) is 4.00. The topological polar surface area (TPSA) is 47.8 Å². The van der Waals surface area contributed by atoms with Crippen LogP contribution in [-0.2, 0) is 18.3 Å². The molecule has 0 unspecified atom stereocenters. The van der Waals surface area contributed by atoms with Gasteiger partial charge in [0.25, 0.3) is 0 Å². The van der Waals surface area contributed by atoms with Gasteiger partial charge < -0.3 is 0 Å². The SMILES string of the molecule is CCCC1CCC(C(=O)Cc2cn(C)nn2)CC1. The molecule has 2 rings (SSSR count). The Morgan fingerprint density at radius 1 is 1.39 bits per heavy atom. The number of carbonyl (C=O) groups is 1. The Hall–Kier alpha value is -1.19. The molecule has 1 aliphatic rings. The van der Waals surface area contributed by atoms with Gasteiger partial charge in [0, 0.05) is 19.2 Å². The molecule has 1 saturated carbocycles. The van der Waals surface area contributed by atoms with Crippen molar-refractivity contribution in [1.29, 1.82) is 0 Å². The fourth-order valence-electron chi connectivity index (χ4n) is 2.98. The molecule has 0 aliphatic heterocycles. The first-order chi connectivity index (χ1) is 8.69. The summed E-state index contributed by atoms with van der Waals surface area (Å²) < 4.78 is 1.65. The van der Waals surface area contributed by atoms with Gasteiger partial charge in [-0.15, -0.1) is 5.10 Å². The molecule has 4 nitrogen and oxygen atoms in total. The molecule has 0 saturated heterocycles. The van der Waals surface area contributed by atoms with Crippen LogP contribution in [0.25, 0.3) is 0 Å². The summed E-state index contributed by atoms with van der Waals surface area (Å²) in [5.74, 6) is 1.47. The molecule has 1 aromatic heterocycles. The summed E-state index contributed by atoms with van der Waals surface area (Å²) in [4.78, 5) is 12.2. The molecule has 1 aromatic rings. The van der Waals surface area contributed by atoms with Crippen molar-refractivity contribution in [3.05, 3.63) is 11.9 Å². The van der Waals surface area contributed by atoms with Gasteiger partial charge in [-0.3, -0.25) is 9.48 Å². The average molecular weight is 249 g/mol. The van der Waals surface area contributed by atoms with Crippen LogP contribution in [0.4, 0.5) is 0 Å². The predicted octanol–water partition coefficient (Wildman–Crippen LogP) is 2.53. The van der Waals surface area contributed by atoms with Gasteiger partial charge in [0.15, 0.2) is 0 Å². The van der Waals surface area contributed by atoms with Gasteiger partial charge >= 0.3 is 0 Å². The largest absolute Gasteiger partial charge is 0.299 e. The molecule has 1 heterocycles. The van der Waals surface area contributed by atoms with Crippen LogP contribution in [0.2, 0.25) is 0 Å². The number of ketones is 1. The molecule has 0 atom stereocenters. The van der Waals surface area contributed by atoms with Gasteiger partial charge in [-0.05, 0) is 31.6 Å². The Labute approximate surface area is 109 Å². The summed E-state index contributed by atoms with van der Waals surface area (Å²) in [6, 6.07) is 0. The van der Waals surface area contributed by atoms with E-state index in [0.29, 0.717) is 12.2 Å². The third kappa shape index (κ3) is 3.40. The maximum absolute atomic E-state index is 12.2. The lowest BCUT2D eigenvalue weighted by molar-refractivity contribution is -0.123. The summed E-state index contributed by atoms with van der Waals surface area (Å²) in [6.45, 7) is 2.24. The van der Waals surface area contributed by atoms with Crippen LogP contribution in [0.5, 0.6) is 0 Å². The number of rotatable bonds is 5. The van der Waals surface area contributed by atoms with Crippen molar-refractivity contribution in [1.82, 2.24) is 15.0 Å². The maximum Gasteiger partial charge on any atom is 0.142 e. The minimum absolute atomic E-state index is 0.264. The maximum atomic E-state index is 12.2. The number of hydrogen-bond donors (Lipinski definition) is 0. The molecule has 0 aromatic carbocycles. The molecular formula is C14H23N3O. The van der Waals surface area contributed by atoms with E-state index in [0.717, 1.165) is 24.5 Å². The van der Waals surface area contributed by atoms with Crippen molar-refractivity contribution in [3.63, 3.8) is 0 Å². The number of aryl methyl sites for hydroxylation is 1. The fraction of sp³-hybridized carbons (Fsp3) is 0.786. The minimum Gasteiger partial charge on any atom is -0.299 e. The second-order valence-electron chi connectivity index (χ2n) is 5.53. The van der Waals surface area contributed by atoms with E-state index in [1.165, 1.54) is 25.7 Å². The smallest absolute Gasteiger partial charge is 0.142 e. The average Bonchev–Trinajstić information content (AvgIpc) is 2.76. The fourth-order valence-corrected chi connectivity index (χ4v) is 2.98. The van der Waals surface area contributed by atoms with Crippen LogP contribution < -0.4 is 0 Å². The first-order valence-electron chi connectivity index (χ1n) is 7.07. The van der Waals surface area contributed by atoms with E-state index < -0.39 is 0 Å². The van der Waals surface area contributed by atoms with E-state index in [-0.39, 0.29) is 5.92 Å². The minimum atomic E-state index is 0.264. The zero-order valence-corrected chi connectivity index (χ0v) is 11.4. The molecule has 1 aliphatic carbocycles. The summed E-state index contributed by atoms with van der Waals surface area (Å²) in [6.07, 6.45) is 9.48. The number of carbonyl (C=O) groups excluding carboxylic acids is 1. The molecule has 0 radical (unpaired) electrons. The molecule has 0 amide bonds. The van der Waals surface area contributed by atoms with Crippen LogP contribution >= 0.6 is 0 Å². The van der Waals surface area contributed by atoms with Crippen LogP contribution in [-0.4, -0.2) is 20.8 Å². The van der Waals surface area contributed by atoms with Crippen LogP contribution in [0, 0.1) is 11.8 Å². The molecule has 0 spiro atoms. The van der Waals surface area contributed by atoms with Gasteiger partial charge in [-0.25, -0.2) is 0 Å². The van der Waals surface area contributed by atoms with E-state index in [2.05, 4.69) is 17.2 Å². The molecular weight excluding hydrogens is 226 g/mol. The Balaban J connectivity index is 1.80. The lowest BCUT2D eigenvalue weighted by atomic mass is 9.78. The molecule has 100 valence electrons. The first-order valence-corrected chi connectivity index (χ1v) is 7.07. The molecule has 0 N–H and O–H groups in total. The van der Waals surface area contributed by atoms with Gasteiger partial charge in [0.1, 0.15) is 5.78 Å². The standard InChI is InChI=1S/C14H23N3O/c1-3-4-11-5-7-12(8-6-11)14(18)9-13-10-17(2)16-15-13/h10-12H,3-9H2,1-2H3. The van der Waals surface area contributed by atoms with E-state index in [9.17, 15) is 4.79 Å². The predicted molar refractivity (Wildman–Crippen MR) is 70.1 cm³/mol. The second-order valence-corrected chi connectivity index (χ2v) is 5.53. The van der Waals surface area contributed by atoms with E-state index >= 15 is 0 Å². The molecule has 0 bridgehead atoms. The summed E-state index contributed by atoms with van der Waals surface area (Å²) >= 11 is 0. The van der Waals surface area contributed by atoms with Crippen LogP contribution in [0.15, 0.2) is 6.20 Å². The van der Waals surface area contributed by atoms with Gasteiger partial charge in [-0.1, -0.05) is 25.0 Å². The van der Waals surface area contributed by atoms with Crippen LogP contribution in [0.3, 0.4) is 0 Å². The number of aromatic nitrogens is 3. The monoisotopic (exact) mass is 249 g/mol. The quantitative estimate of drug-likeness (QED) is 0.805. The molecule has 18 heavy (non-hydrogen) atoms. The van der Waals surface area contributed by atoms with Gasteiger partial charge in [-0.2, -0.15) is 0 Å². The summed E-state index contributed by atoms with van der Waals surface area (Å²) in [5.41, 5.74) is 0.804. The van der Waals surface area contributed by atoms with Crippen molar-refractivity contribution >= 4 is 5.78 Å². The van der Waals surface area contributed by atoms with Crippen molar-refractivity contribution in [2.24, 2.45) is 18.9 Å². The third-order valence-corrected chi connectivity index (χ3v) is 4.00. The highest BCUT2D eigenvalue weighted by molar-refractivity contribution is 5.82. The number of hydrogen-bond acceptors (Lipinski definition) is 3. The van der Waals surface area contributed by atoms with Gasteiger partial charge in [0.05, 0.1) is 12.1 Å². The number of Topliss-reactive ketones (excluding diaryl/α,β-unsaturated/α-hetero) is 1. The van der Waals surface area contributed by atoms with Crippen molar-refractivity contribution in [2.75, 3.05) is 0 Å². The molecule has 4 heteroatoms. The first kappa shape index (κ1) is 13.2. The second kappa shape index (κ2) is 6.12. The van der Waals surface area contributed by atoms with Crippen LogP contribution in [0.1, 0.15) is 51.1 Å². The highest BCUT2D eigenvalue weighted by Gasteiger charge is 2.26. The molecule has 1 fully saturated rings. The zero-order valence-electron chi connectivity index (χ0n) is 11.4. The van der Waals surface area contributed by atoms with E-state index in [1.807, 2.05) is 13.2 Å². The highest BCUT2D eigenvalue weighted by Crippen LogP contribution is 2.32. The van der Waals surface area contributed by atoms with Crippen molar-refractivity contribution < 1.29 is 4.79 Å².